The van der Waals surface area contributed by atoms with Crippen LogP contribution in [0.5, 0.6) is 5.88 Å². The molecule has 0 bridgehead atoms. The molecule has 0 aromatic carbocycles. The summed E-state index contributed by atoms with van der Waals surface area (Å²) in [5.41, 5.74) is 2.09. The van der Waals surface area contributed by atoms with Crippen LogP contribution in [-0.2, 0) is 9.53 Å². The van der Waals surface area contributed by atoms with Gasteiger partial charge in [0.25, 0.3) is 0 Å². The smallest absolute Gasteiger partial charge is 0.348 e. The lowest BCUT2D eigenvalue weighted by Gasteiger charge is -2.04. The Morgan fingerprint density at radius 3 is 3.00 bits per heavy atom. The second-order valence-corrected chi connectivity index (χ2v) is 5.00. The van der Waals surface area contributed by atoms with E-state index >= 15 is 0 Å². The molecule has 6 nitrogen and oxygen atoms in total. The normalized spacial score (nSPS) is 11.1. The predicted octanol–water partition coefficient (Wildman–Crippen LogP) is 3.07. The van der Waals surface area contributed by atoms with Gasteiger partial charge in [0.2, 0.25) is 5.88 Å². The number of rotatable bonds is 7. The number of ether oxygens (including phenoxy) is 2. The van der Waals surface area contributed by atoms with E-state index in [1.54, 1.807) is 17.4 Å². The third-order valence-electron chi connectivity index (χ3n) is 3.31. The standard InChI is InChI=1S/C18H19N3O3/c1-4-6-10-24-17-15(11-14(12-19)18(22)23-5-2)21-9-7-8-13(3)16(21)20-17/h4,7-9,11H,1,5-6,10H2,2-3H3. The first kappa shape index (κ1) is 17.3. The third kappa shape index (κ3) is 3.63. The molecule has 0 spiro atoms. The van der Waals surface area contributed by atoms with E-state index in [-0.39, 0.29) is 12.2 Å². The van der Waals surface area contributed by atoms with Crippen LogP contribution in [-0.4, -0.2) is 28.6 Å². The number of pyridine rings is 1. The summed E-state index contributed by atoms with van der Waals surface area (Å²) in [5, 5.41) is 9.25. The number of hydrogen-bond acceptors (Lipinski definition) is 5. The molecule has 0 aliphatic rings. The van der Waals surface area contributed by atoms with Gasteiger partial charge in [0.05, 0.1) is 13.2 Å². The fourth-order valence-corrected chi connectivity index (χ4v) is 2.16. The predicted molar refractivity (Wildman–Crippen MR) is 90.5 cm³/mol. The number of esters is 1. The van der Waals surface area contributed by atoms with Crippen LogP contribution in [0.25, 0.3) is 11.7 Å². The molecule has 0 aliphatic carbocycles. The van der Waals surface area contributed by atoms with E-state index < -0.39 is 5.97 Å². The van der Waals surface area contributed by atoms with Crippen molar-refractivity contribution in [3.05, 3.63) is 47.8 Å². The Kier molecular flexibility index (Phi) is 5.74. The Bertz CT molecular complexity index is 828. The summed E-state index contributed by atoms with van der Waals surface area (Å²) in [5.74, 6) is -0.303. The Morgan fingerprint density at radius 1 is 1.54 bits per heavy atom. The van der Waals surface area contributed by atoms with Gasteiger partial charge in [0, 0.05) is 6.20 Å². The van der Waals surface area contributed by atoms with Crippen LogP contribution < -0.4 is 4.74 Å². The van der Waals surface area contributed by atoms with Gasteiger partial charge in [0.15, 0.2) is 0 Å². The minimum absolute atomic E-state index is 0.103. The lowest BCUT2D eigenvalue weighted by atomic mass is 10.2. The molecule has 2 aromatic heterocycles. The first-order chi connectivity index (χ1) is 11.6. The van der Waals surface area contributed by atoms with Crippen molar-refractivity contribution in [2.75, 3.05) is 13.2 Å². The zero-order chi connectivity index (χ0) is 17.5. The van der Waals surface area contributed by atoms with Crippen molar-refractivity contribution in [2.24, 2.45) is 0 Å². The molecular weight excluding hydrogens is 306 g/mol. The largest absolute Gasteiger partial charge is 0.476 e. The van der Waals surface area contributed by atoms with Crippen molar-refractivity contribution in [3.63, 3.8) is 0 Å². The quantitative estimate of drug-likeness (QED) is 0.257. The van der Waals surface area contributed by atoms with Gasteiger partial charge in [-0.2, -0.15) is 10.2 Å². The number of carbonyl (C=O) groups is 1. The molecule has 0 saturated heterocycles. The second-order valence-electron chi connectivity index (χ2n) is 5.00. The summed E-state index contributed by atoms with van der Waals surface area (Å²) in [6.07, 6.45) is 5.66. The van der Waals surface area contributed by atoms with Crippen LogP contribution in [0.2, 0.25) is 0 Å². The molecule has 0 saturated carbocycles. The Labute approximate surface area is 140 Å². The molecule has 0 fully saturated rings. The highest BCUT2D eigenvalue weighted by molar-refractivity contribution is 5.98. The number of imidazole rings is 1. The van der Waals surface area contributed by atoms with E-state index in [0.717, 1.165) is 5.56 Å². The van der Waals surface area contributed by atoms with E-state index in [4.69, 9.17) is 9.47 Å². The molecule has 0 radical (unpaired) electrons. The van der Waals surface area contributed by atoms with Gasteiger partial charge < -0.3 is 9.47 Å². The van der Waals surface area contributed by atoms with E-state index in [2.05, 4.69) is 11.6 Å². The van der Waals surface area contributed by atoms with Crippen LogP contribution in [0.4, 0.5) is 0 Å². The average Bonchev–Trinajstić information content (AvgIpc) is 2.92. The molecule has 6 heteroatoms. The van der Waals surface area contributed by atoms with Crippen molar-refractivity contribution in [3.8, 4) is 11.9 Å². The van der Waals surface area contributed by atoms with E-state index in [1.807, 2.05) is 31.3 Å². The number of aryl methyl sites for hydroxylation is 1. The van der Waals surface area contributed by atoms with Crippen LogP contribution in [0.3, 0.4) is 0 Å². The molecule has 2 heterocycles. The number of nitrogens with zero attached hydrogens (tertiary/aromatic N) is 3. The molecular formula is C18H19N3O3. The number of nitriles is 1. The molecule has 0 aliphatic heterocycles. The molecule has 2 rings (SSSR count). The van der Waals surface area contributed by atoms with E-state index in [0.29, 0.717) is 30.2 Å². The summed E-state index contributed by atoms with van der Waals surface area (Å²) in [6, 6.07) is 5.67. The van der Waals surface area contributed by atoms with Crippen molar-refractivity contribution in [2.45, 2.75) is 20.3 Å². The lowest BCUT2D eigenvalue weighted by molar-refractivity contribution is -0.137. The highest BCUT2D eigenvalue weighted by Crippen LogP contribution is 2.25. The second kappa shape index (κ2) is 7.97. The van der Waals surface area contributed by atoms with Crippen molar-refractivity contribution in [1.29, 1.82) is 5.26 Å². The maximum absolute atomic E-state index is 11.9. The fraction of sp³-hybridized carbons (Fsp3) is 0.278. The molecule has 24 heavy (non-hydrogen) atoms. The maximum Gasteiger partial charge on any atom is 0.348 e. The van der Waals surface area contributed by atoms with Crippen molar-refractivity contribution >= 4 is 17.7 Å². The molecule has 0 N–H and O–H groups in total. The summed E-state index contributed by atoms with van der Waals surface area (Å²) >= 11 is 0. The van der Waals surface area contributed by atoms with Crippen LogP contribution in [0.15, 0.2) is 36.6 Å². The fourth-order valence-electron chi connectivity index (χ4n) is 2.16. The summed E-state index contributed by atoms with van der Waals surface area (Å²) in [6.45, 7) is 7.89. The molecule has 0 atom stereocenters. The molecule has 124 valence electrons. The number of hydrogen-bond donors (Lipinski definition) is 0. The van der Waals surface area contributed by atoms with Crippen molar-refractivity contribution < 1.29 is 14.3 Å². The van der Waals surface area contributed by atoms with Gasteiger partial charge >= 0.3 is 5.97 Å². The number of aromatic nitrogens is 2. The van der Waals surface area contributed by atoms with E-state index in [9.17, 15) is 10.1 Å². The van der Waals surface area contributed by atoms with Gasteiger partial charge in [-0.15, -0.1) is 6.58 Å². The Hall–Kier alpha value is -3.07. The number of fused-ring (bicyclic) bond motifs is 1. The molecule has 0 unspecified atom stereocenters. The van der Waals surface area contributed by atoms with Gasteiger partial charge in [-0.25, -0.2) is 4.79 Å². The lowest BCUT2D eigenvalue weighted by Crippen LogP contribution is -2.06. The zero-order valence-electron chi connectivity index (χ0n) is 13.8. The zero-order valence-corrected chi connectivity index (χ0v) is 13.8. The topological polar surface area (TPSA) is 76.6 Å². The number of carbonyl (C=O) groups excluding carboxylic acids is 1. The van der Waals surface area contributed by atoms with E-state index in [1.165, 1.54) is 6.08 Å². The Balaban J connectivity index is 2.55. The molecule has 2 aromatic rings. The van der Waals surface area contributed by atoms with Crippen molar-refractivity contribution in [1.82, 2.24) is 9.38 Å². The SMILES string of the molecule is C=CCCOc1nc2c(C)cccn2c1C=C(C#N)C(=O)OCC. The molecule has 0 amide bonds. The Morgan fingerprint density at radius 2 is 2.33 bits per heavy atom. The van der Waals surface area contributed by atoms with Gasteiger partial charge in [-0.1, -0.05) is 12.1 Å². The highest BCUT2D eigenvalue weighted by atomic mass is 16.5. The average molecular weight is 325 g/mol. The van der Waals surface area contributed by atoms with Crippen LogP contribution in [0, 0.1) is 18.3 Å². The third-order valence-corrected chi connectivity index (χ3v) is 3.31. The van der Waals surface area contributed by atoms with Gasteiger partial charge in [0.1, 0.15) is 23.0 Å². The highest BCUT2D eigenvalue weighted by Gasteiger charge is 2.17. The van der Waals surface area contributed by atoms with Crippen LogP contribution >= 0.6 is 0 Å². The minimum atomic E-state index is -0.667. The summed E-state index contributed by atoms with van der Waals surface area (Å²) < 4.78 is 12.4. The van der Waals surface area contributed by atoms with Crippen LogP contribution in [0.1, 0.15) is 24.6 Å². The first-order valence-corrected chi connectivity index (χ1v) is 7.62. The minimum Gasteiger partial charge on any atom is -0.476 e. The van der Waals surface area contributed by atoms with Gasteiger partial charge in [-0.3, -0.25) is 4.40 Å². The van der Waals surface area contributed by atoms with Gasteiger partial charge in [-0.05, 0) is 38.0 Å². The summed E-state index contributed by atoms with van der Waals surface area (Å²) in [4.78, 5) is 16.4. The monoisotopic (exact) mass is 325 g/mol. The maximum atomic E-state index is 11.9. The summed E-state index contributed by atoms with van der Waals surface area (Å²) in [7, 11) is 0. The first-order valence-electron chi connectivity index (χ1n) is 7.62.